The van der Waals surface area contributed by atoms with E-state index in [1.165, 1.54) is 31.1 Å². The van der Waals surface area contributed by atoms with Crippen molar-refractivity contribution in [3.05, 3.63) is 34.9 Å². The molecule has 4 atom stereocenters. The number of nitrogens with one attached hydrogen (secondary N) is 1. The Hall–Kier alpha value is -2.70. The molecule has 1 saturated heterocycles. The molecule has 12 heteroatoms. The molecule has 1 unspecified atom stereocenters. The molecule has 3 heterocycles. The van der Waals surface area contributed by atoms with Crippen LogP contribution in [0.4, 0.5) is 5.13 Å². The first kappa shape index (κ1) is 23.5. The van der Waals surface area contributed by atoms with Crippen LogP contribution in [0.1, 0.15) is 17.7 Å². The monoisotopic (exact) mass is 492 g/mol. The average molecular weight is 493 g/mol. The molecule has 2 fully saturated rings. The Morgan fingerprint density at radius 1 is 1.48 bits per heavy atom. The van der Waals surface area contributed by atoms with Crippen LogP contribution in [-0.4, -0.2) is 71.8 Å². The molecule has 0 bridgehead atoms. The number of ketones is 1. The topological polar surface area (TPSA) is 142 Å². The van der Waals surface area contributed by atoms with Crippen molar-refractivity contribution in [3.63, 3.8) is 0 Å². The largest absolute Gasteiger partial charge is 0.458 e. The highest BCUT2D eigenvalue weighted by molar-refractivity contribution is 8.00. The number of nitrogen functional groups attached to an aromatic ring is 1. The summed E-state index contributed by atoms with van der Waals surface area (Å²) in [5, 5.41) is 6.50. The first-order valence-electron chi connectivity index (χ1n) is 10.4. The van der Waals surface area contributed by atoms with Crippen molar-refractivity contribution in [2.24, 2.45) is 11.1 Å². The number of hydrogen-bond donors (Lipinski definition) is 2. The van der Waals surface area contributed by atoms with Gasteiger partial charge in [-0.1, -0.05) is 29.1 Å². The van der Waals surface area contributed by atoms with Crippen LogP contribution in [0, 0.1) is 5.92 Å². The van der Waals surface area contributed by atoms with Gasteiger partial charge in [-0.3, -0.25) is 9.59 Å². The number of Topliss-reactive ketones (excluding diaryl/α,β-unsaturated/α-hetero) is 1. The molecule has 1 saturated carbocycles. The fourth-order valence-corrected chi connectivity index (χ4v) is 6.43. The Morgan fingerprint density at radius 2 is 2.30 bits per heavy atom. The van der Waals surface area contributed by atoms with E-state index >= 15 is 0 Å². The highest BCUT2D eigenvalue weighted by atomic mass is 32.2. The molecule has 1 aromatic heterocycles. The summed E-state index contributed by atoms with van der Waals surface area (Å²) in [7, 11) is 1.32. The van der Waals surface area contributed by atoms with Gasteiger partial charge in [-0.05, 0) is 18.4 Å². The van der Waals surface area contributed by atoms with Crippen LogP contribution in [0.5, 0.6) is 0 Å². The van der Waals surface area contributed by atoms with E-state index in [1.807, 2.05) is 0 Å². The lowest BCUT2D eigenvalue weighted by Gasteiger charge is -2.47. The number of oxime groups is 1. The maximum atomic E-state index is 13.2. The van der Waals surface area contributed by atoms with E-state index < -0.39 is 23.8 Å². The predicted molar refractivity (Wildman–Crippen MR) is 124 cm³/mol. The zero-order valence-corrected chi connectivity index (χ0v) is 19.6. The smallest absolute Gasteiger partial charge is 0.335 e. The van der Waals surface area contributed by atoms with Gasteiger partial charge in [0.25, 0.3) is 5.91 Å². The van der Waals surface area contributed by atoms with E-state index in [0.29, 0.717) is 22.8 Å². The lowest BCUT2D eigenvalue weighted by molar-refractivity contribution is -0.142. The van der Waals surface area contributed by atoms with Crippen LogP contribution in [0.2, 0.25) is 0 Å². The van der Waals surface area contributed by atoms with Gasteiger partial charge in [0.1, 0.15) is 19.8 Å². The molecule has 33 heavy (non-hydrogen) atoms. The summed E-state index contributed by atoms with van der Waals surface area (Å²) in [6.07, 6.45) is 4.41. The summed E-state index contributed by atoms with van der Waals surface area (Å²) in [6.45, 7) is 4.24. The molecule has 2 aliphatic heterocycles. The third kappa shape index (κ3) is 4.55. The minimum absolute atomic E-state index is 0.0232. The number of rotatable bonds is 8. The molecule has 10 nitrogen and oxygen atoms in total. The molecular weight excluding hydrogens is 468 g/mol. The van der Waals surface area contributed by atoms with E-state index in [2.05, 4.69) is 22.0 Å². The van der Waals surface area contributed by atoms with E-state index in [-0.39, 0.29) is 34.6 Å². The summed E-state index contributed by atoms with van der Waals surface area (Å²) in [5.74, 6) is -1.50. The number of thioether (sulfide) groups is 1. The van der Waals surface area contributed by atoms with Crippen molar-refractivity contribution in [1.82, 2.24) is 10.3 Å². The number of nitrogens with zero attached hydrogens (tertiary/aromatic N) is 2. The maximum absolute atomic E-state index is 13.2. The number of esters is 1. The number of ether oxygens (including phenoxy) is 2. The summed E-state index contributed by atoms with van der Waals surface area (Å²) in [4.78, 5) is 48.1. The third-order valence-electron chi connectivity index (χ3n) is 5.67. The van der Waals surface area contributed by atoms with E-state index in [4.69, 9.17) is 20.0 Å². The van der Waals surface area contributed by atoms with E-state index in [1.54, 1.807) is 0 Å². The number of hydrogen-bond acceptors (Lipinski definition) is 11. The highest BCUT2D eigenvalue weighted by Gasteiger charge is 2.57. The number of aromatic nitrogens is 1. The first-order chi connectivity index (χ1) is 16.0. The normalized spacial score (nSPS) is 26.9. The van der Waals surface area contributed by atoms with E-state index in [9.17, 15) is 14.4 Å². The standard InChI is InChI=1S/C21H24N4O6S2/c1-3-6-31-20(28)13-10(11-5-4-7-30-11)9-32-18-14(13)17(26)16(18)24-19(27)15(25-29-2)12-8-23-21(22)33-12/h3,8,11,14,16,18H,1,4-7,9H2,2H3,(H2,22,23)(H,24,27)/b25-15-/t11-,14?,16+,18-/m0/s1. The number of nitrogens with two attached hydrogens (primary N) is 1. The SMILES string of the molecule is C=CCOC(=O)C1=C([C@@H]2CCCO2)CS[C@H]2C1C(=O)[C@H]2NC(=O)/C(=N\OC)c1cnc(N)s1. The number of thiazole rings is 1. The van der Waals surface area contributed by atoms with Gasteiger partial charge in [-0.2, -0.15) is 11.8 Å². The summed E-state index contributed by atoms with van der Waals surface area (Å²) in [6, 6.07) is -0.770. The van der Waals surface area contributed by atoms with Crippen LogP contribution >= 0.6 is 23.1 Å². The van der Waals surface area contributed by atoms with Crippen LogP contribution < -0.4 is 11.1 Å². The van der Waals surface area contributed by atoms with Gasteiger partial charge in [0.15, 0.2) is 16.6 Å². The molecule has 0 aromatic carbocycles. The van der Waals surface area contributed by atoms with Crippen LogP contribution in [0.25, 0.3) is 0 Å². The second kappa shape index (κ2) is 10.1. The van der Waals surface area contributed by atoms with Crippen molar-refractivity contribution in [2.45, 2.75) is 30.2 Å². The van der Waals surface area contributed by atoms with E-state index in [0.717, 1.165) is 29.8 Å². The van der Waals surface area contributed by atoms with Crippen LogP contribution in [0.15, 0.2) is 35.2 Å². The molecule has 1 aliphatic carbocycles. The molecule has 3 N–H and O–H groups in total. The molecule has 3 aliphatic rings. The lowest BCUT2D eigenvalue weighted by Crippen LogP contribution is -2.66. The third-order valence-corrected chi connectivity index (χ3v) is 7.91. The molecule has 4 rings (SSSR count). The lowest BCUT2D eigenvalue weighted by atomic mass is 9.71. The maximum Gasteiger partial charge on any atom is 0.335 e. The molecule has 1 amide bonds. The van der Waals surface area contributed by atoms with Crippen molar-refractivity contribution in [3.8, 4) is 0 Å². The van der Waals surface area contributed by atoms with Crippen molar-refractivity contribution < 1.29 is 28.7 Å². The number of anilines is 1. The minimum Gasteiger partial charge on any atom is -0.458 e. The van der Waals surface area contributed by atoms with Gasteiger partial charge in [0.05, 0.1) is 22.5 Å². The second-order valence-corrected chi connectivity index (χ2v) is 9.85. The Balaban J connectivity index is 1.55. The zero-order chi connectivity index (χ0) is 23.5. The zero-order valence-electron chi connectivity index (χ0n) is 17.9. The number of fused-ring (bicyclic) bond motifs is 1. The van der Waals surface area contributed by atoms with Gasteiger partial charge in [-0.25, -0.2) is 9.78 Å². The molecule has 0 spiro atoms. The predicted octanol–water partition coefficient (Wildman–Crippen LogP) is 1.08. The summed E-state index contributed by atoms with van der Waals surface area (Å²) < 4.78 is 11.1. The summed E-state index contributed by atoms with van der Waals surface area (Å²) in [5.41, 5.74) is 6.82. The van der Waals surface area contributed by atoms with Crippen molar-refractivity contribution >= 4 is 51.6 Å². The van der Waals surface area contributed by atoms with Crippen LogP contribution in [-0.2, 0) is 28.7 Å². The fourth-order valence-electron chi connectivity index (χ4n) is 4.19. The van der Waals surface area contributed by atoms with Crippen molar-refractivity contribution in [1.29, 1.82) is 0 Å². The van der Waals surface area contributed by atoms with Crippen molar-refractivity contribution in [2.75, 3.05) is 31.8 Å². The van der Waals surface area contributed by atoms with Gasteiger partial charge < -0.3 is 25.4 Å². The quantitative estimate of drug-likeness (QED) is 0.236. The molecule has 1 aromatic rings. The Morgan fingerprint density at radius 3 is 2.94 bits per heavy atom. The highest BCUT2D eigenvalue weighted by Crippen LogP contribution is 2.47. The Labute approximate surface area is 198 Å². The molecular formula is C21H24N4O6S2. The Kier molecular flexibility index (Phi) is 7.15. The number of carbonyl (C=O) groups excluding carboxylic acids is 3. The number of carbonyl (C=O) groups is 3. The second-order valence-electron chi connectivity index (χ2n) is 7.62. The van der Waals surface area contributed by atoms with Crippen LogP contribution in [0.3, 0.4) is 0 Å². The number of amides is 1. The molecule has 0 radical (unpaired) electrons. The summed E-state index contributed by atoms with van der Waals surface area (Å²) >= 11 is 2.61. The Bertz CT molecular complexity index is 1030. The van der Waals surface area contributed by atoms with Gasteiger partial charge >= 0.3 is 5.97 Å². The first-order valence-corrected chi connectivity index (χ1v) is 12.2. The average Bonchev–Trinajstić information content (AvgIpc) is 3.50. The minimum atomic E-state index is -0.770. The fraction of sp³-hybridized carbons (Fsp3) is 0.476. The van der Waals surface area contributed by atoms with Gasteiger partial charge in [-0.15, -0.1) is 0 Å². The van der Waals surface area contributed by atoms with Gasteiger partial charge in [0.2, 0.25) is 0 Å². The van der Waals surface area contributed by atoms with Gasteiger partial charge in [0, 0.05) is 23.8 Å². The molecule has 176 valence electrons.